The van der Waals surface area contributed by atoms with Gasteiger partial charge in [-0.1, -0.05) is 5.11 Å². The minimum atomic E-state index is -0.361. The van der Waals surface area contributed by atoms with E-state index >= 15 is 0 Å². The predicted molar refractivity (Wildman–Crippen MR) is 71.3 cm³/mol. The number of esters is 1. The number of ether oxygens (including phenoxy) is 1. The van der Waals surface area contributed by atoms with Gasteiger partial charge in [-0.25, -0.2) is 4.79 Å². The van der Waals surface area contributed by atoms with Gasteiger partial charge < -0.3 is 4.74 Å². The molecule has 0 aliphatic carbocycles. The van der Waals surface area contributed by atoms with E-state index in [2.05, 4.69) is 10.0 Å². The summed E-state index contributed by atoms with van der Waals surface area (Å²) in [6.45, 7) is 2.09. The monoisotopic (exact) mass is 269 g/mol. The van der Waals surface area contributed by atoms with Crippen molar-refractivity contribution < 1.29 is 9.53 Å². The molecule has 0 unspecified atom stereocenters. The van der Waals surface area contributed by atoms with Crippen LogP contribution in [0.15, 0.2) is 21.5 Å². The number of rotatable bonds is 5. The highest BCUT2D eigenvalue weighted by Gasteiger charge is 2.10. The van der Waals surface area contributed by atoms with Gasteiger partial charge in [0.2, 0.25) is 0 Å². The first-order valence-electron chi connectivity index (χ1n) is 4.78. The number of hydrogen-bond acceptors (Lipinski definition) is 5. The van der Waals surface area contributed by atoms with E-state index in [9.17, 15) is 4.79 Å². The van der Waals surface area contributed by atoms with Crippen LogP contribution in [0.4, 0.5) is 5.69 Å². The van der Waals surface area contributed by atoms with Crippen molar-refractivity contribution >= 4 is 40.8 Å². The second-order valence-corrected chi connectivity index (χ2v) is 4.59. The van der Waals surface area contributed by atoms with Gasteiger partial charge in [-0.2, -0.15) is 0 Å². The molecule has 1 aromatic heterocycles. The molecule has 0 N–H and O–H groups in total. The van der Waals surface area contributed by atoms with Crippen molar-refractivity contribution in [2.24, 2.45) is 5.11 Å². The van der Waals surface area contributed by atoms with Gasteiger partial charge in [0, 0.05) is 9.79 Å². The third-order valence-corrected chi connectivity index (χ3v) is 3.36. The fourth-order valence-corrected chi connectivity index (χ4v) is 2.37. The first-order valence-corrected chi connectivity index (χ1v) is 6.88. The van der Waals surface area contributed by atoms with Gasteiger partial charge in [-0.3, -0.25) is 0 Å². The third-order valence-electron chi connectivity index (χ3n) is 1.78. The highest BCUT2D eigenvalue weighted by atomic mass is 32.2. The molecule has 7 heteroatoms. The lowest BCUT2D eigenvalue weighted by molar-refractivity contribution is -0.137. The number of nitrogens with zero attached hydrogens (tertiary/aromatic N) is 3. The largest absolute Gasteiger partial charge is 0.462 e. The van der Waals surface area contributed by atoms with E-state index in [1.807, 2.05) is 0 Å². The number of thioether (sulfide) groups is 1. The van der Waals surface area contributed by atoms with Crippen molar-refractivity contribution in [3.05, 3.63) is 31.7 Å². The molecule has 5 nitrogen and oxygen atoms in total. The number of thiophene rings is 1. The lowest BCUT2D eigenvalue weighted by atomic mass is 10.3. The third kappa shape index (κ3) is 3.81. The molecule has 0 saturated heterocycles. The topological polar surface area (TPSA) is 75.1 Å². The Morgan fingerprint density at radius 3 is 3.12 bits per heavy atom. The Labute approximate surface area is 107 Å². The molecule has 0 spiro atoms. The maximum atomic E-state index is 11.6. The molecule has 0 aliphatic rings. The fraction of sp³-hybridized carbons (Fsp3) is 0.300. The molecule has 0 fully saturated rings. The first kappa shape index (κ1) is 13.6. The molecule has 17 heavy (non-hydrogen) atoms. The van der Waals surface area contributed by atoms with Crippen LogP contribution < -0.4 is 0 Å². The van der Waals surface area contributed by atoms with Crippen molar-refractivity contribution in [1.82, 2.24) is 0 Å². The first-order chi connectivity index (χ1) is 8.22. The van der Waals surface area contributed by atoms with E-state index in [4.69, 9.17) is 10.3 Å². The van der Waals surface area contributed by atoms with Crippen LogP contribution in [0.3, 0.4) is 0 Å². The maximum absolute atomic E-state index is 11.6. The zero-order valence-corrected chi connectivity index (χ0v) is 11.0. The summed E-state index contributed by atoms with van der Waals surface area (Å²) in [5, 5.41) is 5.35. The highest BCUT2D eigenvalue weighted by Crippen LogP contribution is 2.30. The number of hydrogen-bond donors (Lipinski definition) is 0. The normalized spacial score (nSPS) is 10.8. The van der Waals surface area contributed by atoms with E-state index < -0.39 is 0 Å². The van der Waals surface area contributed by atoms with E-state index in [-0.39, 0.29) is 5.97 Å². The van der Waals surface area contributed by atoms with Crippen LogP contribution in [0.2, 0.25) is 0 Å². The SMILES string of the molecule is CCOC(=O)C(=Cc1sccc1N=[N+]=[N-])SC. The quantitative estimate of drug-likeness (QED) is 0.267. The van der Waals surface area contributed by atoms with E-state index in [1.165, 1.54) is 23.1 Å². The van der Waals surface area contributed by atoms with Gasteiger partial charge in [0.15, 0.2) is 0 Å². The van der Waals surface area contributed by atoms with Gasteiger partial charge in [-0.15, -0.1) is 23.1 Å². The minimum absolute atomic E-state index is 0.338. The summed E-state index contributed by atoms with van der Waals surface area (Å²) in [5.74, 6) is -0.361. The average molecular weight is 269 g/mol. The van der Waals surface area contributed by atoms with Crippen molar-refractivity contribution in [2.75, 3.05) is 12.9 Å². The Kier molecular flexibility index (Phi) is 5.62. The highest BCUT2D eigenvalue weighted by molar-refractivity contribution is 8.03. The Morgan fingerprint density at radius 1 is 1.76 bits per heavy atom. The molecule has 0 radical (unpaired) electrons. The summed E-state index contributed by atoms with van der Waals surface area (Å²) in [5.41, 5.74) is 8.91. The van der Waals surface area contributed by atoms with Crippen molar-refractivity contribution in [3.8, 4) is 0 Å². The molecule has 0 aliphatic heterocycles. The molecule has 0 saturated carbocycles. The Morgan fingerprint density at radius 2 is 2.53 bits per heavy atom. The molecular weight excluding hydrogens is 258 g/mol. The van der Waals surface area contributed by atoms with Crippen LogP contribution in [-0.2, 0) is 9.53 Å². The summed E-state index contributed by atoms with van der Waals surface area (Å²) in [7, 11) is 0. The van der Waals surface area contributed by atoms with Crippen molar-refractivity contribution in [3.63, 3.8) is 0 Å². The zero-order chi connectivity index (χ0) is 12.7. The predicted octanol–water partition coefficient (Wildman–Crippen LogP) is 3.96. The number of carbonyl (C=O) groups excluding carboxylic acids is 1. The van der Waals surface area contributed by atoms with Crippen LogP contribution in [0, 0.1) is 0 Å². The molecule has 90 valence electrons. The Balaban J connectivity index is 3.01. The molecule has 1 aromatic rings. The molecule has 1 rings (SSSR count). The van der Waals surface area contributed by atoms with Crippen LogP contribution in [0.1, 0.15) is 11.8 Å². The van der Waals surface area contributed by atoms with Crippen LogP contribution in [0.5, 0.6) is 0 Å². The van der Waals surface area contributed by atoms with Crippen molar-refractivity contribution in [1.29, 1.82) is 0 Å². The number of carbonyl (C=O) groups is 1. The molecule has 0 amide bonds. The maximum Gasteiger partial charge on any atom is 0.344 e. The van der Waals surface area contributed by atoms with Gasteiger partial charge in [0.25, 0.3) is 0 Å². The lowest BCUT2D eigenvalue weighted by Gasteiger charge is -2.03. The van der Waals surface area contributed by atoms with Crippen molar-refractivity contribution in [2.45, 2.75) is 6.92 Å². The van der Waals surface area contributed by atoms with Crippen LogP contribution >= 0.6 is 23.1 Å². The van der Waals surface area contributed by atoms with E-state index in [0.717, 1.165) is 4.88 Å². The summed E-state index contributed by atoms with van der Waals surface area (Å²) >= 11 is 2.71. The Hall–Kier alpha value is -1.43. The average Bonchev–Trinajstić information content (AvgIpc) is 2.74. The van der Waals surface area contributed by atoms with Gasteiger partial charge in [0.05, 0.1) is 17.2 Å². The zero-order valence-electron chi connectivity index (χ0n) is 9.41. The molecule has 0 aromatic carbocycles. The second-order valence-electron chi connectivity index (χ2n) is 2.79. The summed E-state index contributed by atoms with van der Waals surface area (Å²) in [4.78, 5) is 15.5. The van der Waals surface area contributed by atoms with Crippen LogP contribution in [-0.4, -0.2) is 18.8 Å². The minimum Gasteiger partial charge on any atom is -0.462 e. The van der Waals surface area contributed by atoms with Crippen LogP contribution in [0.25, 0.3) is 16.5 Å². The smallest absolute Gasteiger partial charge is 0.344 e. The molecule has 1 heterocycles. The van der Waals surface area contributed by atoms with Gasteiger partial charge in [0.1, 0.15) is 0 Å². The van der Waals surface area contributed by atoms with Gasteiger partial charge >= 0.3 is 5.97 Å². The number of azide groups is 1. The summed E-state index contributed by atoms with van der Waals surface area (Å²) in [6.07, 6.45) is 3.47. The Bertz CT molecular complexity index is 476. The van der Waals surface area contributed by atoms with E-state index in [0.29, 0.717) is 17.2 Å². The molecular formula is C10H11N3O2S2. The second kappa shape index (κ2) is 7.01. The lowest BCUT2D eigenvalue weighted by Crippen LogP contribution is -2.04. The molecule has 0 bridgehead atoms. The molecule has 0 atom stereocenters. The fourth-order valence-electron chi connectivity index (χ4n) is 1.08. The van der Waals surface area contributed by atoms with E-state index in [1.54, 1.807) is 30.7 Å². The summed E-state index contributed by atoms with van der Waals surface area (Å²) in [6, 6.07) is 1.71. The summed E-state index contributed by atoms with van der Waals surface area (Å²) < 4.78 is 4.92. The van der Waals surface area contributed by atoms with Gasteiger partial charge in [-0.05, 0) is 36.2 Å². The standard InChI is InChI=1S/C10H11N3O2S2/c1-3-15-10(14)9(16-2)6-8-7(12-13-11)4-5-17-8/h4-6H,3H2,1-2H3.